The molecule has 1 amide bonds. The Balaban J connectivity index is 1.36. The van der Waals surface area contributed by atoms with Crippen molar-refractivity contribution < 1.29 is 14.3 Å². The molecule has 134 valence electrons. The number of imidazole rings is 1. The Labute approximate surface area is 147 Å². The number of carbonyl (C=O) groups excluding carboxylic acids is 1. The summed E-state index contributed by atoms with van der Waals surface area (Å²) in [5.74, 6) is 0.915. The first-order valence-electron chi connectivity index (χ1n) is 9.31. The van der Waals surface area contributed by atoms with E-state index < -0.39 is 0 Å². The molecule has 2 aromatic rings. The number of hydrogen-bond acceptors (Lipinski definition) is 4. The van der Waals surface area contributed by atoms with Crippen molar-refractivity contribution >= 4 is 22.6 Å². The van der Waals surface area contributed by atoms with E-state index in [9.17, 15) is 4.79 Å². The third-order valence-electron chi connectivity index (χ3n) is 4.99. The van der Waals surface area contributed by atoms with Crippen LogP contribution in [0.5, 0.6) is 0 Å². The normalized spacial score (nSPS) is 23.8. The molecular formula is C19H25N3O3. The highest BCUT2D eigenvalue weighted by molar-refractivity contribution is 5.93. The van der Waals surface area contributed by atoms with Crippen molar-refractivity contribution in [2.75, 3.05) is 18.5 Å². The largest absolute Gasteiger partial charge is 0.378 e. The highest BCUT2D eigenvalue weighted by Crippen LogP contribution is 2.28. The fourth-order valence-corrected chi connectivity index (χ4v) is 3.60. The van der Waals surface area contributed by atoms with Gasteiger partial charge in [-0.25, -0.2) is 4.98 Å². The summed E-state index contributed by atoms with van der Waals surface area (Å²) in [4.78, 5) is 20.1. The van der Waals surface area contributed by atoms with Crippen molar-refractivity contribution in [1.29, 1.82) is 0 Å². The zero-order valence-corrected chi connectivity index (χ0v) is 14.4. The number of benzene rings is 1. The first kappa shape index (κ1) is 16.5. The van der Waals surface area contributed by atoms with Crippen LogP contribution in [-0.4, -0.2) is 35.2 Å². The van der Waals surface area contributed by atoms with Gasteiger partial charge >= 0.3 is 0 Å². The number of ether oxygens (including phenoxy) is 2. The molecule has 3 heterocycles. The van der Waals surface area contributed by atoms with Gasteiger partial charge in [-0.3, -0.25) is 4.79 Å². The first-order valence-corrected chi connectivity index (χ1v) is 9.31. The number of H-pyrrole nitrogens is 1. The number of aromatic amines is 1. The number of rotatable bonds is 5. The van der Waals surface area contributed by atoms with Crippen molar-refractivity contribution in [1.82, 2.24) is 9.97 Å². The van der Waals surface area contributed by atoms with E-state index in [1.165, 1.54) is 6.42 Å². The molecule has 0 spiro atoms. The zero-order valence-electron chi connectivity index (χ0n) is 14.4. The Kier molecular flexibility index (Phi) is 4.99. The zero-order chi connectivity index (χ0) is 17.1. The molecule has 6 nitrogen and oxygen atoms in total. The summed E-state index contributed by atoms with van der Waals surface area (Å²) in [6, 6.07) is 5.78. The maximum absolute atomic E-state index is 12.2. The lowest BCUT2D eigenvalue weighted by atomic mass is 10.0. The molecule has 1 aromatic carbocycles. The minimum atomic E-state index is 0.0346. The standard InChI is InChI=1S/C19H25N3O3/c23-18(9-7-14-4-1-2-10-24-14)20-13-6-8-15-16(12-13)22-19(21-15)17-5-3-11-25-17/h6,8,12,14,17H,1-5,7,9-11H2,(H,20,23)(H,21,22)/t14-,17-/m1/s1. The van der Waals surface area contributed by atoms with Crippen molar-refractivity contribution in [3.63, 3.8) is 0 Å². The third-order valence-corrected chi connectivity index (χ3v) is 4.99. The molecule has 6 heteroatoms. The van der Waals surface area contributed by atoms with Crippen LogP contribution in [0.4, 0.5) is 5.69 Å². The minimum absolute atomic E-state index is 0.0346. The predicted octanol–water partition coefficient (Wildman–Crippen LogP) is 3.70. The third kappa shape index (κ3) is 4.02. The number of fused-ring (bicyclic) bond motifs is 1. The van der Waals surface area contributed by atoms with Gasteiger partial charge in [0.25, 0.3) is 0 Å². The lowest BCUT2D eigenvalue weighted by Crippen LogP contribution is -2.21. The predicted molar refractivity (Wildman–Crippen MR) is 95.5 cm³/mol. The second-order valence-electron chi connectivity index (χ2n) is 6.93. The van der Waals surface area contributed by atoms with Gasteiger partial charge in [-0.1, -0.05) is 0 Å². The van der Waals surface area contributed by atoms with E-state index in [2.05, 4.69) is 15.3 Å². The summed E-state index contributed by atoms with van der Waals surface area (Å²) in [6.45, 7) is 1.63. The van der Waals surface area contributed by atoms with E-state index in [-0.39, 0.29) is 18.1 Å². The molecule has 1 aromatic heterocycles. The molecule has 2 saturated heterocycles. The average molecular weight is 343 g/mol. The van der Waals surface area contributed by atoms with E-state index >= 15 is 0 Å². The fraction of sp³-hybridized carbons (Fsp3) is 0.579. The van der Waals surface area contributed by atoms with E-state index in [1.54, 1.807) is 0 Å². The quantitative estimate of drug-likeness (QED) is 0.868. The Morgan fingerprint density at radius 2 is 2.12 bits per heavy atom. The van der Waals surface area contributed by atoms with Crippen LogP contribution in [0.1, 0.15) is 56.9 Å². The van der Waals surface area contributed by atoms with E-state index in [1.807, 2.05) is 18.2 Å². The number of nitrogens with zero attached hydrogens (tertiary/aromatic N) is 1. The number of hydrogen-bond donors (Lipinski definition) is 2. The summed E-state index contributed by atoms with van der Waals surface area (Å²) in [7, 11) is 0. The second kappa shape index (κ2) is 7.54. The fourth-order valence-electron chi connectivity index (χ4n) is 3.60. The maximum Gasteiger partial charge on any atom is 0.224 e. The van der Waals surface area contributed by atoms with Crippen LogP contribution in [-0.2, 0) is 14.3 Å². The van der Waals surface area contributed by atoms with Crippen LogP contribution in [0.3, 0.4) is 0 Å². The summed E-state index contributed by atoms with van der Waals surface area (Å²) >= 11 is 0. The van der Waals surface area contributed by atoms with Crippen LogP contribution in [0.25, 0.3) is 11.0 Å². The summed E-state index contributed by atoms with van der Waals surface area (Å²) in [5, 5.41) is 2.98. The van der Waals surface area contributed by atoms with Gasteiger partial charge in [0.15, 0.2) is 0 Å². The van der Waals surface area contributed by atoms with Crippen LogP contribution < -0.4 is 5.32 Å². The summed E-state index contributed by atoms with van der Waals surface area (Å²) < 4.78 is 11.4. The molecule has 4 rings (SSSR count). The average Bonchev–Trinajstić information content (AvgIpc) is 3.30. The lowest BCUT2D eigenvalue weighted by molar-refractivity contribution is -0.117. The van der Waals surface area contributed by atoms with Gasteiger partial charge in [-0.2, -0.15) is 0 Å². The highest BCUT2D eigenvalue weighted by Gasteiger charge is 2.21. The molecular weight excluding hydrogens is 318 g/mol. The topological polar surface area (TPSA) is 76.2 Å². The van der Waals surface area contributed by atoms with Crippen molar-refractivity contribution in [2.45, 2.75) is 57.2 Å². The van der Waals surface area contributed by atoms with Gasteiger partial charge < -0.3 is 19.8 Å². The van der Waals surface area contributed by atoms with Crippen LogP contribution in [0, 0.1) is 0 Å². The second-order valence-corrected chi connectivity index (χ2v) is 6.93. The number of nitrogens with one attached hydrogen (secondary N) is 2. The van der Waals surface area contributed by atoms with Crippen molar-refractivity contribution in [3.8, 4) is 0 Å². The number of anilines is 1. The molecule has 0 radical (unpaired) electrons. The Morgan fingerprint density at radius 3 is 2.92 bits per heavy atom. The van der Waals surface area contributed by atoms with Gasteiger partial charge in [0.1, 0.15) is 11.9 Å². The van der Waals surface area contributed by atoms with Gasteiger partial charge in [0.2, 0.25) is 5.91 Å². The van der Waals surface area contributed by atoms with Crippen LogP contribution >= 0.6 is 0 Å². The van der Waals surface area contributed by atoms with Gasteiger partial charge in [-0.15, -0.1) is 0 Å². The van der Waals surface area contributed by atoms with E-state index in [0.29, 0.717) is 6.42 Å². The SMILES string of the molecule is O=C(CC[C@H]1CCCCO1)Nc1ccc2nc([C@H]3CCCO3)[nH]c2c1. The molecule has 2 atom stereocenters. The monoisotopic (exact) mass is 343 g/mol. The van der Waals surface area contributed by atoms with E-state index in [0.717, 1.165) is 67.9 Å². The van der Waals surface area contributed by atoms with Crippen molar-refractivity contribution in [2.24, 2.45) is 0 Å². The van der Waals surface area contributed by atoms with E-state index in [4.69, 9.17) is 9.47 Å². The van der Waals surface area contributed by atoms with Crippen LogP contribution in [0.2, 0.25) is 0 Å². The van der Waals surface area contributed by atoms with Crippen molar-refractivity contribution in [3.05, 3.63) is 24.0 Å². The smallest absolute Gasteiger partial charge is 0.224 e. The van der Waals surface area contributed by atoms with Gasteiger partial charge in [-0.05, 0) is 56.7 Å². The molecule has 2 aliphatic heterocycles. The molecule has 0 bridgehead atoms. The number of amides is 1. The summed E-state index contributed by atoms with van der Waals surface area (Å²) in [5.41, 5.74) is 2.63. The molecule has 2 aliphatic rings. The Hall–Kier alpha value is -1.92. The molecule has 25 heavy (non-hydrogen) atoms. The minimum Gasteiger partial charge on any atom is -0.378 e. The number of carbonyl (C=O) groups is 1. The molecule has 0 unspecified atom stereocenters. The van der Waals surface area contributed by atoms with Gasteiger partial charge in [0.05, 0.1) is 17.1 Å². The molecule has 2 fully saturated rings. The molecule has 0 aliphatic carbocycles. The maximum atomic E-state index is 12.2. The highest BCUT2D eigenvalue weighted by atomic mass is 16.5. The number of aromatic nitrogens is 2. The first-order chi connectivity index (χ1) is 12.3. The van der Waals surface area contributed by atoms with Crippen LogP contribution in [0.15, 0.2) is 18.2 Å². The van der Waals surface area contributed by atoms with Gasteiger partial charge in [0, 0.05) is 25.3 Å². The molecule has 2 N–H and O–H groups in total. The summed E-state index contributed by atoms with van der Waals surface area (Å²) in [6.07, 6.45) is 7.09. The molecule has 0 saturated carbocycles. The Bertz CT molecular complexity index is 731. The Morgan fingerprint density at radius 1 is 1.20 bits per heavy atom. The lowest BCUT2D eigenvalue weighted by Gasteiger charge is -2.22.